The lowest BCUT2D eigenvalue weighted by molar-refractivity contribution is -0.151. The first-order valence-electron chi connectivity index (χ1n) is 13.1. The first-order chi connectivity index (χ1) is 19.2. The van der Waals surface area contributed by atoms with Gasteiger partial charge in [0.1, 0.15) is 11.5 Å². The Bertz CT molecular complexity index is 1380. The first-order valence-corrected chi connectivity index (χ1v) is 13.1. The third kappa shape index (κ3) is 7.25. The molecule has 1 N–H and O–H groups in total. The molecule has 9 nitrogen and oxygen atoms in total. The van der Waals surface area contributed by atoms with Gasteiger partial charge in [-0.25, -0.2) is 4.79 Å². The van der Waals surface area contributed by atoms with Crippen molar-refractivity contribution < 1.29 is 33.4 Å². The first kappa shape index (κ1) is 28.4. The highest BCUT2D eigenvalue weighted by molar-refractivity contribution is 6.00. The van der Waals surface area contributed by atoms with Crippen molar-refractivity contribution in [2.75, 3.05) is 30.0 Å². The Balaban J connectivity index is 1.25. The van der Waals surface area contributed by atoms with Crippen molar-refractivity contribution in [1.29, 1.82) is 0 Å². The van der Waals surface area contributed by atoms with Crippen molar-refractivity contribution >= 4 is 35.1 Å². The quantitative estimate of drug-likeness (QED) is 0.349. The van der Waals surface area contributed by atoms with Gasteiger partial charge in [0, 0.05) is 24.3 Å². The normalized spacial score (nSPS) is 14.5. The van der Waals surface area contributed by atoms with Crippen LogP contribution in [-0.2, 0) is 23.9 Å². The summed E-state index contributed by atoms with van der Waals surface area (Å²) in [5.74, 6) is -1.11. The molecular formula is C31H32N2O7. The minimum absolute atomic E-state index is 0.00304. The van der Waals surface area contributed by atoms with E-state index in [-0.39, 0.29) is 18.9 Å². The molecular weight excluding hydrogens is 512 g/mol. The molecule has 0 aromatic heterocycles. The van der Waals surface area contributed by atoms with Gasteiger partial charge in [-0.3, -0.25) is 14.4 Å². The van der Waals surface area contributed by atoms with E-state index in [1.807, 2.05) is 39.0 Å². The number of rotatable bonds is 10. The number of anilines is 2. The van der Waals surface area contributed by atoms with E-state index in [2.05, 4.69) is 5.32 Å². The molecule has 0 spiro atoms. The number of nitrogens with zero attached hydrogens (tertiary/aromatic N) is 1. The molecule has 4 rings (SSSR count). The summed E-state index contributed by atoms with van der Waals surface area (Å²) >= 11 is 0. The number of hydrogen-bond acceptors (Lipinski definition) is 7. The van der Waals surface area contributed by atoms with E-state index in [9.17, 15) is 19.2 Å². The summed E-state index contributed by atoms with van der Waals surface area (Å²) < 4.78 is 16.2. The molecule has 208 valence electrons. The summed E-state index contributed by atoms with van der Waals surface area (Å²) in [6.07, 6.45) is 0.722. The summed E-state index contributed by atoms with van der Waals surface area (Å²) in [4.78, 5) is 50.9. The van der Waals surface area contributed by atoms with Gasteiger partial charge in [0.05, 0.1) is 18.1 Å². The Morgan fingerprint density at radius 2 is 1.60 bits per heavy atom. The van der Waals surface area contributed by atoms with Crippen molar-refractivity contribution in [3.63, 3.8) is 0 Å². The zero-order valence-corrected chi connectivity index (χ0v) is 22.8. The van der Waals surface area contributed by atoms with Crippen molar-refractivity contribution in [3.8, 4) is 11.5 Å². The number of amides is 2. The predicted molar refractivity (Wildman–Crippen MR) is 149 cm³/mol. The maximum Gasteiger partial charge on any atom is 0.338 e. The minimum atomic E-state index is -0.680. The Morgan fingerprint density at radius 1 is 0.900 bits per heavy atom. The van der Waals surface area contributed by atoms with Gasteiger partial charge in [0.25, 0.3) is 5.91 Å². The standard InChI is InChI=1S/C31H32N2O7/c1-4-15-38-30(36)22-6-8-24(9-7-22)32-28(34)19-39-31(37)23-17-29(35)33(18-23)25-10-13-26(14-11-25)40-27-12-5-20(2)21(3)16-27/h5-14,16,23H,4,15,17-19H2,1-3H3,(H,32,34)/t23-/m1/s1. The van der Waals surface area contributed by atoms with Crippen LogP contribution in [0, 0.1) is 19.8 Å². The lowest BCUT2D eigenvalue weighted by Gasteiger charge is -2.17. The third-order valence-electron chi connectivity index (χ3n) is 6.51. The molecule has 1 aliphatic rings. The van der Waals surface area contributed by atoms with Crippen LogP contribution in [0.5, 0.6) is 11.5 Å². The van der Waals surface area contributed by atoms with E-state index in [0.29, 0.717) is 29.3 Å². The maximum atomic E-state index is 12.6. The van der Waals surface area contributed by atoms with Gasteiger partial charge in [-0.2, -0.15) is 0 Å². The van der Waals surface area contributed by atoms with Crippen molar-refractivity contribution in [1.82, 2.24) is 0 Å². The maximum absolute atomic E-state index is 12.6. The van der Waals surface area contributed by atoms with E-state index in [0.717, 1.165) is 17.7 Å². The van der Waals surface area contributed by atoms with Gasteiger partial charge in [0.2, 0.25) is 5.91 Å². The topological polar surface area (TPSA) is 111 Å². The van der Waals surface area contributed by atoms with Gasteiger partial charge < -0.3 is 24.4 Å². The van der Waals surface area contributed by atoms with E-state index in [4.69, 9.17) is 14.2 Å². The summed E-state index contributed by atoms with van der Waals surface area (Å²) in [6.45, 7) is 5.96. The van der Waals surface area contributed by atoms with Crippen LogP contribution in [0.1, 0.15) is 41.3 Å². The molecule has 1 aliphatic heterocycles. The van der Waals surface area contributed by atoms with E-state index in [1.54, 1.807) is 48.5 Å². The smallest absolute Gasteiger partial charge is 0.338 e. The molecule has 0 bridgehead atoms. The largest absolute Gasteiger partial charge is 0.462 e. The number of benzene rings is 3. The zero-order valence-electron chi connectivity index (χ0n) is 22.8. The van der Waals surface area contributed by atoms with Crippen LogP contribution in [-0.4, -0.2) is 43.5 Å². The highest BCUT2D eigenvalue weighted by Crippen LogP contribution is 2.29. The summed E-state index contributed by atoms with van der Waals surface area (Å²) in [5, 5.41) is 2.61. The average Bonchev–Trinajstić information content (AvgIpc) is 3.34. The molecule has 1 atom stereocenters. The van der Waals surface area contributed by atoms with Gasteiger partial charge >= 0.3 is 11.9 Å². The van der Waals surface area contributed by atoms with Gasteiger partial charge in [0.15, 0.2) is 6.61 Å². The molecule has 0 aliphatic carbocycles. The second-order valence-corrected chi connectivity index (χ2v) is 9.62. The molecule has 2 amide bonds. The summed E-state index contributed by atoms with van der Waals surface area (Å²) in [5.41, 5.74) is 3.78. The van der Waals surface area contributed by atoms with Crippen molar-refractivity contribution in [2.45, 2.75) is 33.6 Å². The number of aryl methyl sites for hydroxylation is 2. The van der Waals surface area contributed by atoms with Gasteiger partial charge in [-0.15, -0.1) is 0 Å². The molecule has 0 radical (unpaired) electrons. The summed E-state index contributed by atoms with van der Waals surface area (Å²) in [6, 6.07) is 19.2. The molecule has 1 heterocycles. The third-order valence-corrected chi connectivity index (χ3v) is 6.51. The molecule has 9 heteroatoms. The van der Waals surface area contributed by atoms with E-state index in [1.165, 1.54) is 10.5 Å². The SMILES string of the molecule is CCCOC(=O)c1ccc(NC(=O)COC(=O)[C@@H]2CC(=O)N(c3ccc(Oc4ccc(C)c(C)c4)cc3)C2)cc1. The molecule has 3 aromatic rings. The molecule has 0 unspecified atom stereocenters. The van der Waals surface area contributed by atoms with Crippen LogP contribution < -0.4 is 15.0 Å². The lowest BCUT2D eigenvalue weighted by Crippen LogP contribution is -2.28. The monoisotopic (exact) mass is 544 g/mol. The predicted octanol–water partition coefficient (Wildman–Crippen LogP) is 5.20. The zero-order chi connectivity index (χ0) is 28.6. The fourth-order valence-corrected chi connectivity index (χ4v) is 4.14. The fraction of sp³-hybridized carbons (Fsp3) is 0.290. The van der Waals surface area contributed by atoms with Crippen LogP contribution in [0.25, 0.3) is 0 Å². The minimum Gasteiger partial charge on any atom is -0.462 e. The molecule has 3 aromatic carbocycles. The Hall–Kier alpha value is -4.66. The molecule has 0 saturated carbocycles. The Labute approximate surface area is 233 Å². The average molecular weight is 545 g/mol. The number of hydrogen-bond donors (Lipinski definition) is 1. The Morgan fingerprint density at radius 3 is 2.27 bits per heavy atom. The van der Waals surface area contributed by atoms with Crippen LogP contribution in [0.2, 0.25) is 0 Å². The number of ether oxygens (including phenoxy) is 3. The highest BCUT2D eigenvalue weighted by atomic mass is 16.5. The fourth-order valence-electron chi connectivity index (χ4n) is 4.14. The van der Waals surface area contributed by atoms with Crippen LogP contribution in [0.3, 0.4) is 0 Å². The van der Waals surface area contributed by atoms with Gasteiger partial charge in [-0.05, 0) is 92.1 Å². The number of nitrogens with one attached hydrogen (secondary N) is 1. The highest BCUT2D eigenvalue weighted by Gasteiger charge is 2.36. The van der Waals surface area contributed by atoms with Crippen LogP contribution in [0.4, 0.5) is 11.4 Å². The second kappa shape index (κ2) is 12.9. The summed E-state index contributed by atoms with van der Waals surface area (Å²) in [7, 11) is 0. The number of carbonyl (C=O) groups excluding carboxylic acids is 4. The lowest BCUT2D eigenvalue weighted by atomic mass is 10.1. The number of esters is 2. The van der Waals surface area contributed by atoms with Crippen molar-refractivity contribution in [3.05, 3.63) is 83.4 Å². The van der Waals surface area contributed by atoms with Crippen LogP contribution >= 0.6 is 0 Å². The van der Waals surface area contributed by atoms with Crippen molar-refractivity contribution in [2.24, 2.45) is 5.92 Å². The van der Waals surface area contributed by atoms with E-state index < -0.39 is 30.4 Å². The second-order valence-electron chi connectivity index (χ2n) is 9.62. The van der Waals surface area contributed by atoms with E-state index >= 15 is 0 Å². The van der Waals surface area contributed by atoms with Gasteiger partial charge in [-0.1, -0.05) is 13.0 Å². The van der Waals surface area contributed by atoms with Crippen LogP contribution in [0.15, 0.2) is 66.7 Å². The number of carbonyl (C=O) groups is 4. The molecule has 1 saturated heterocycles. The molecule has 40 heavy (non-hydrogen) atoms. The molecule has 1 fully saturated rings. The Kier molecular flexibility index (Phi) is 9.16.